The molecule has 0 bridgehead atoms. The molecule has 1 N–H and O–H groups in total. The molecule has 0 radical (unpaired) electrons. The minimum absolute atomic E-state index is 0.0423. The summed E-state index contributed by atoms with van der Waals surface area (Å²) in [6.45, 7) is 8.45. The highest BCUT2D eigenvalue weighted by Crippen LogP contribution is 2.38. The number of amides is 1. The SMILES string of the molecule is CN(CC=CC(=O)N1CCc2c(sc3ncnc(Nc4ccc(Cl)c(Cl)c4)c23)C1)C(C)(C)C. The maximum absolute atomic E-state index is 12.8. The van der Waals surface area contributed by atoms with Crippen LogP contribution in [0.2, 0.25) is 10.0 Å². The molecule has 174 valence electrons. The Morgan fingerprint density at radius 3 is 2.79 bits per heavy atom. The second kappa shape index (κ2) is 9.58. The van der Waals surface area contributed by atoms with Crippen molar-refractivity contribution in [1.82, 2.24) is 19.8 Å². The van der Waals surface area contributed by atoms with Gasteiger partial charge in [0.15, 0.2) is 0 Å². The van der Waals surface area contributed by atoms with E-state index in [9.17, 15) is 4.79 Å². The number of aromatic nitrogens is 2. The molecule has 1 aromatic carbocycles. The number of rotatable bonds is 5. The summed E-state index contributed by atoms with van der Waals surface area (Å²) in [4.78, 5) is 27.9. The summed E-state index contributed by atoms with van der Waals surface area (Å²) < 4.78 is 0. The summed E-state index contributed by atoms with van der Waals surface area (Å²) in [5.41, 5.74) is 2.08. The average Bonchev–Trinajstić information content (AvgIpc) is 3.14. The fourth-order valence-corrected chi connectivity index (χ4v) is 5.11. The Bertz CT molecular complexity index is 1220. The molecule has 0 unspecified atom stereocenters. The van der Waals surface area contributed by atoms with Crippen molar-refractivity contribution >= 4 is 62.2 Å². The van der Waals surface area contributed by atoms with Crippen molar-refractivity contribution in [2.24, 2.45) is 0 Å². The first-order valence-electron chi connectivity index (χ1n) is 10.8. The van der Waals surface area contributed by atoms with Gasteiger partial charge in [-0.15, -0.1) is 11.3 Å². The molecule has 2 aromatic heterocycles. The summed E-state index contributed by atoms with van der Waals surface area (Å²) >= 11 is 13.8. The Labute approximate surface area is 208 Å². The van der Waals surface area contributed by atoms with Crippen LogP contribution < -0.4 is 5.32 Å². The van der Waals surface area contributed by atoms with Gasteiger partial charge in [0, 0.05) is 35.3 Å². The molecule has 3 heterocycles. The number of hydrogen-bond donors (Lipinski definition) is 1. The van der Waals surface area contributed by atoms with Gasteiger partial charge in [0.1, 0.15) is 17.0 Å². The highest BCUT2D eigenvalue weighted by molar-refractivity contribution is 7.19. The van der Waals surface area contributed by atoms with E-state index >= 15 is 0 Å². The third kappa shape index (κ3) is 5.32. The van der Waals surface area contributed by atoms with Crippen molar-refractivity contribution in [2.75, 3.05) is 25.5 Å². The molecule has 0 spiro atoms. The normalized spacial score (nSPS) is 14.3. The Balaban J connectivity index is 1.52. The predicted molar refractivity (Wildman–Crippen MR) is 138 cm³/mol. The van der Waals surface area contributed by atoms with Crippen LogP contribution in [0.3, 0.4) is 0 Å². The van der Waals surface area contributed by atoms with Gasteiger partial charge in [-0.05, 0) is 58.0 Å². The number of benzene rings is 1. The molecule has 33 heavy (non-hydrogen) atoms. The Kier molecular flexibility index (Phi) is 6.96. The lowest BCUT2D eigenvalue weighted by Gasteiger charge is -2.31. The van der Waals surface area contributed by atoms with E-state index in [-0.39, 0.29) is 11.4 Å². The van der Waals surface area contributed by atoms with E-state index in [2.05, 4.69) is 48.0 Å². The summed E-state index contributed by atoms with van der Waals surface area (Å²) in [7, 11) is 2.06. The van der Waals surface area contributed by atoms with Crippen LogP contribution >= 0.6 is 34.5 Å². The van der Waals surface area contributed by atoms with Crippen LogP contribution in [0.15, 0.2) is 36.7 Å². The van der Waals surface area contributed by atoms with E-state index in [1.54, 1.807) is 35.9 Å². The molecule has 0 saturated carbocycles. The van der Waals surface area contributed by atoms with Crippen molar-refractivity contribution in [3.05, 3.63) is 57.2 Å². The van der Waals surface area contributed by atoms with Gasteiger partial charge in [0.2, 0.25) is 5.91 Å². The van der Waals surface area contributed by atoms with Gasteiger partial charge in [-0.3, -0.25) is 9.69 Å². The third-order valence-electron chi connectivity index (χ3n) is 5.92. The quantitative estimate of drug-likeness (QED) is 0.438. The number of anilines is 2. The van der Waals surface area contributed by atoms with E-state index in [0.717, 1.165) is 39.6 Å². The first-order valence-corrected chi connectivity index (χ1v) is 12.3. The lowest BCUT2D eigenvalue weighted by Crippen LogP contribution is -2.38. The minimum Gasteiger partial charge on any atom is -0.340 e. The van der Waals surface area contributed by atoms with Crippen LogP contribution in [0.1, 0.15) is 31.2 Å². The van der Waals surface area contributed by atoms with Gasteiger partial charge < -0.3 is 10.2 Å². The molecule has 9 heteroatoms. The number of hydrogen-bond acceptors (Lipinski definition) is 6. The number of nitrogens with zero attached hydrogens (tertiary/aromatic N) is 4. The number of fused-ring (bicyclic) bond motifs is 3. The van der Waals surface area contributed by atoms with E-state index in [1.807, 2.05) is 17.0 Å². The number of thiophene rings is 1. The molecule has 0 saturated heterocycles. The summed E-state index contributed by atoms with van der Waals surface area (Å²) in [5.74, 6) is 0.779. The second-order valence-electron chi connectivity index (χ2n) is 9.12. The van der Waals surface area contributed by atoms with Crippen molar-refractivity contribution in [3.63, 3.8) is 0 Å². The molecule has 4 rings (SSSR count). The smallest absolute Gasteiger partial charge is 0.246 e. The van der Waals surface area contributed by atoms with Crippen molar-refractivity contribution < 1.29 is 4.79 Å². The molecular weight excluding hydrogens is 477 g/mol. The molecule has 6 nitrogen and oxygen atoms in total. The maximum atomic E-state index is 12.8. The third-order valence-corrected chi connectivity index (χ3v) is 7.78. The lowest BCUT2D eigenvalue weighted by atomic mass is 10.0. The van der Waals surface area contributed by atoms with Gasteiger partial charge in [-0.2, -0.15) is 0 Å². The summed E-state index contributed by atoms with van der Waals surface area (Å²) in [6, 6.07) is 5.40. The first kappa shape index (κ1) is 24.0. The van der Waals surface area contributed by atoms with Gasteiger partial charge in [-0.25, -0.2) is 9.97 Å². The van der Waals surface area contributed by atoms with Gasteiger partial charge in [-0.1, -0.05) is 29.3 Å². The Hall–Kier alpha value is -2.19. The Morgan fingerprint density at radius 1 is 1.27 bits per heavy atom. The van der Waals surface area contributed by atoms with Crippen LogP contribution in [-0.2, 0) is 17.8 Å². The minimum atomic E-state index is 0.0423. The predicted octanol–water partition coefficient (Wildman–Crippen LogP) is 5.91. The zero-order chi connectivity index (χ0) is 23.8. The van der Waals surface area contributed by atoms with Crippen LogP contribution in [0.4, 0.5) is 11.5 Å². The highest BCUT2D eigenvalue weighted by atomic mass is 35.5. The van der Waals surface area contributed by atoms with Gasteiger partial charge >= 0.3 is 0 Å². The standard InChI is InChI=1S/C24H27Cl2N5OS/c1-24(2,3)30(4)10-5-6-20(32)31-11-9-16-19(13-31)33-23-21(16)22(27-14-28-23)29-15-7-8-17(25)18(26)12-15/h5-8,12,14H,9-11,13H2,1-4H3,(H,27,28,29). The highest BCUT2D eigenvalue weighted by Gasteiger charge is 2.25. The van der Waals surface area contributed by atoms with Crippen LogP contribution in [-0.4, -0.2) is 51.4 Å². The number of nitrogens with one attached hydrogen (secondary N) is 1. The fraction of sp³-hybridized carbons (Fsp3) is 0.375. The Morgan fingerprint density at radius 2 is 2.06 bits per heavy atom. The van der Waals surface area contributed by atoms with E-state index in [4.69, 9.17) is 23.2 Å². The van der Waals surface area contributed by atoms with Gasteiger partial charge in [0.25, 0.3) is 0 Å². The number of halogens is 2. The summed E-state index contributed by atoms with van der Waals surface area (Å²) in [5, 5.41) is 5.35. The molecule has 1 amide bonds. The molecule has 0 aliphatic carbocycles. The number of carbonyl (C=O) groups is 1. The van der Waals surface area contributed by atoms with Gasteiger partial charge in [0.05, 0.1) is 22.0 Å². The van der Waals surface area contributed by atoms with E-state index in [1.165, 1.54) is 5.56 Å². The topological polar surface area (TPSA) is 61.4 Å². The molecule has 3 aromatic rings. The van der Waals surface area contributed by atoms with Crippen molar-refractivity contribution in [1.29, 1.82) is 0 Å². The van der Waals surface area contributed by atoms with E-state index < -0.39 is 0 Å². The largest absolute Gasteiger partial charge is 0.340 e. The molecule has 0 atom stereocenters. The monoisotopic (exact) mass is 503 g/mol. The number of carbonyl (C=O) groups excluding carboxylic acids is 1. The average molecular weight is 504 g/mol. The fourth-order valence-electron chi connectivity index (χ4n) is 3.61. The molecule has 0 fully saturated rings. The first-order chi connectivity index (χ1) is 15.6. The zero-order valence-corrected chi connectivity index (χ0v) is 21.5. The second-order valence-corrected chi connectivity index (χ2v) is 11.0. The van der Waals surface area contributed by atoms with Crippen molar-refractivity contribution in [3.8, 4) is 0 Å². The lowest BCUT2D eigenvalue weighted by molar-refractivity contribution is -0.126. The zero-order valence-electron chi connectivity index (χ0n) is 19.2. The summed E-state index contributed by atoms with van der Waals surface area (Å²) in [6.07, 6.45) is 5.96. The van der Waals surface area contributed by atoms with E-state index in [0.29, 0.717) is 23.1 Å². The molecule has 1 aliphatic heterocycles. The van der Waals surface area contributed by atoms with Crippen LogP contribution in [0, 0.1) is 0 Å². The maximum Gasteiger partial charge on any atom is 0.246 e. The number of likely N-dealkylation sites (N-methyl/N-ethyl adjacent to an activating group) is 1. The van der Waals surface area contributed by atoms with Crippen molar-refractivity contribution in [2.45, 2.75) is 39.3 Å². The molecule has 1 aliphatic rings. The van der Waals surface area contributed by atoms with Crippen LogP contribution in [0.5, 0.6) is 0 Å². The van der Waals surface area contributed by atoms with Crippen LogP contribution in [0.25, 0.3) is 10.2 Å². The molecular formula is C24H27Cl2N5OS.